The summed E-state index contributed by atoms with van der Waals surface area (Å²) in [6, 6.07) is 4.09. The molecule has 0 unspecified atom stereocenters. The first-order valence-electron chi connectivity index (χ1n) is 5.72. The average Bonchev–Trinajstić information content (AvgIpc) is 2.26. The lowest BCUT2D eigenvalue weighted by Gasteiger charge is -2.17. The van der Waals surface area contributed by atoms with E-state index in [-0.39, 0.29) is 11.5 Å². The Morgan fingerprint density at radius 3 is 2.42 bits per heavy atom. The van der Waals surface area contributed by atoms with Gasteiger partial charge in [-0.1, -0.05) is 20.8 Å². The number of benzene rings is 1. The number of carbonyl (C=O) groups is 2. The minimum atomic E-state index is -1.15. The summed E-state index contributed by atoms with van der Waals surface area (Å²) in [6.07, 6.45) is 2.01. The molecule has 0 aliphatic carbocycles. The lowest BCUT2D eigenvalue weighted by molar-refractivity contribution is -0.131. The molecule has 4 nitrogen and oxygen atoms in total. The van der Waals surface area contributed by atoms with Gasteiger partial charge in [0.25, 0.3) is 0 Å². The lowest BCUT2D eigenvalue weighted by atomic mass is 9.95. The van der Waals surface area contributed by atoms with Gasteiger partial charge in [0, 0.05) is 22.7 Å². The third-order valence-corrected chi connectivity index (χ3v) is 2.34. The van der Waals surface area contributed by atoms with Crippen molar-refractivity contribution in [2.45, 2.75) is 20.8 Å². The summed E-state index contributed by atoms with van der Waals surface area (Å²) >= 11 is 0. The molecule has 102 valence electrons. The van der Waals surface area contributed by atoms with Gasteiger partial charge in [-0.3, -0.25) is 4.79 Å². The summed E-state index contributed by atoms with van der Waals surface area (Å²) in [6.45, 7) is 5.26. The van der Waals surface area contributed by atoms with E-state index in [1.165, 1.54) is 12.1 Å². The van der Waals surface area contributed by atoms with Crippen LogP contribution in [0.25, 0.3) is 6.08 Å². The fourth-order valence-corrected chi connectivity index (χ4v) is 1.22. The second-order valence-electron chi connectivity index (χ2n) is 5.11. The first-order valence-corrected chi connectivity index (χ1v) is 5.72. The number of anilines is 1. The van der Waals surface area contributed by atoms with Gasteiger partial charge in [-0.15, -0.1) is 0 Å². The SMILES string of the molecule is CC(C)(C)C(=O)Nc1ccc(C=CC(=O)O)c(F)c1. The van der Waals surface area contributed by atoms with Gasteiger partial charge in [0.05, 0.1) is 0 Å². The second-order valence-corrected chi connectivity index (χ2v) is 5.11. The molecule has 0 bridgehead atoms. The smallest absolute Gasteiger partial charge is 0.328 e. The van der Waals surface area contributed by atoms with Crippen LogP contribution in [-0.2, 0) is 9.59 Å². The molecule has 0 atom stereocenters. The molecular weight excluding hydrogens is 249 g/mol. The third-order valence-electron chi connectivity index (χ3n) is 2.34. The Morgan fingerprint density at radius 2 is 1.95 bits per heavy atom. The Balaban J connectivity index is 2.89. The highest BCUT2D eigenvalue weighted by Gasteiger charge is 2.21. The molecule has 1 amide bonds. The van der Waals surface area contributed by atoms with E-state index in [0.29, 0.717) is 5.69 Å². The van der Waals surface area contributed by atoms with Gasteiger partial charge in [0.2, 0.25) is 5.91 Å². The van der Waals surface area contributed by atoms with Crippen LogP contribution in [0.15, 0.2) is 24.3 Å². The number of halogens is 1. The molecule has 0 saturated heterocycles. The van der Waals surface area contributed by atoms with Crippen molar-refractivity contribution in [3.8, 4) is 0 Å². The standard InChI is InChI=1S/C14H16FNO3/c1-14(2,3)13(19)16-10-6-4-9(11(15)8-10)5-7-12(17)18/h4-8H,1-3H3,(H,16,19)(H,17,18). The van der Waals surface area contributed by atoms with E-state index >= 15 is 0 Å². The molecule has 2 N–H and O–H groups in total. The number of amides is 1. The molecule has 0 spiro atoms. The summed E-state index contributed by atoms with van der Waals surface area (Å²) in [5.74, 6) is -1.96. The number of hydrogen-bond acceptors (Lipinski definition) is 2. The van der Waals surface area contributed by atoms with E-state index < -0.39 is 17.2 Å². The summed E-state index contributed by atoms with van der Waals surface area (Å²) in [5.41, 5.74) is -0.0840. The lowest BCUT2D eigenvalue weighted by Crippen LogP contribution is -2.27. The molecule has 0 aliphatic heterocycles. The highest BCUT2D eigenvalue weighted by atomic mass is 19.1. The molecule has 0 aliphatic rings. The van der Waals surface area contributed by atoms with E-state index in [9.17, 15) is 14.0 Å². The van der Waals surface area contributed by atoms with Crippen LogP contribution in [-0.4, -0.2) is 17.0 Å². The molecule has 0 fully saturated rings. The minimum Gasteiger partial charge on any atom is -0.478 e. The molecule has 0 saturated carbocycles. The van der Waals surface area contributed by atoms with Gasteiger partial charge < -0.3 is 10.4 Å². The Labute approximate surface area is 110 Å². The summed E-state index contributed by atoms with van der Waals surface area (Å²) in [7, 11) is 0. The van der Waals surface area contributed by atoms with Crippen molar-refractivity contribution >= 4 is 23.6 Å². The van der Waals surface area contributed by atoms with Crippen molar-refractivity contribution in [1.29, 1.82) is 0 Å². The highest BCUT2D eigenvalue weighted by Crippen LogP contribution is 2.20. The zero-order valence-corrected chi connectivity index (χ0v) is 11.0. The molecular formula is C14H16FNO3. The first kappa shape index (κ1) is 14.9. The molecule has 1 aromatic carbocycles. The maximum atomic E-state index is 13.7. The topological polar surface area (TPSA) is 66.4 Å². The van der Waals surface area contributed by atoms with Crippen molar-refractivity contribution in [3.63, 3.8) is 0 Å². The van der Waals surface area contributed by atoms with Crippen LogP contribution in [0.4, 0.5) is 10.1 Å². The van der Waals surface area contributed by atoms with Crippen LogP contribution in [0, 0.1) is 11.2 Å². The Hall–Kier alpha value is -2.17. The van der Waals surface area contributed by atoms with Gasteiger partial charge >= 0.3 is 5.97 Å². The van der Waals surface area contributed by atoms with Gasteiger partial charge in [-0.25, -0.2) is 9.18 Å². The molecule has 0 heterocycles. The van der Waals surface area contributed by atoms with E-state index in [2.05, 4.69) is 5.32 Å². The molecule has 1 aromatic rings. The predicted molar refractivity (Wildman–Crippen MR) is 71.2 cm³/mol. The number of carboxylic acid groups (broad SMARTS) is 1. The van der Waals surface area contributed by atoms with Crippen LogP contribution < -0.4 is 5.32 Å². The van der Waals surface area contributed by atoms with Crippen LogP contribution in [0.5, 0.6) is 0 Å². The molecule has 0 radical (unpaired) electrons. The third kappa shape index (κ3) is 4.54. The van der Waals surface area contributed by atoms with Gasteiger partial charge in [0.1, 0.15) is 5.82 Å². The molecule has 0 aromatic heterocycles. The number of carboxylic acids is 1. The maximum Gasteiger partial charge on any atom is 0.328 e. The number of carbonyl (C=O) groups excluding carboxylic acids is 1. The maximum absolute atomic E-state index is 13.7. The van der Waals surface area contributed by atoms with E-state index in [0.717, 1.165) is 18.2 Å². The second kappa shape index (κ2) is 5.65. The fraction of sp³-hybridized carbons (Fsp3) is 0.286. The van der Waals surface area contributed by atoms with Crippen molar-refractivity contribution in [2.24, 2.45) is 5.41 Å². The number of hydrogen-bond donors (Lipinski definition) is 2. The quantitative estimate of drug-likeness (QED) is 0.826. The number of rotatable bonds is 3. The predicted octanol–water partition coefficient (Wildman–Crippen LogP) is 2.91. The van der Waals surface area contributed by atoms with Gasteiger partial charge in [-0.05, 0) is 24.3 Å². The summed E-state index contributed by atoms with van der Waals surface area (Å²) in [5, 5.41) is 11.1. The van der Waals surface area contributed by atoms with Crippen molar-refractivity contribution in [3.05, 3.63) is 35.7 Å². The Bertz CT molecular complexity index is 530. The van der Waals surface area contributed by atoms with Gasteiger partial charge in [0.15, 0.2) is 0 Å². The van der Waals surface area contributed by atoms with Crippen molar-refractivity contribution in [1.82, 2.24) is 0 Å². The van der Waals surface area contributed by atoms with Crippen LogP contribution in [0.2, 0.25) is 0 Å². The monoisotopic (exact) mass is 265 g/mol. The van der Waals surface area contributed by atoms with E-state index in [1.54, 1.807) is 20.8 Å². The summed E-state index contributed by atoms with van der Waals surface area (Å²) < 4.78 is 13.7. The Morgan fingerprint density at radius 1 is 1.32 bits per heavy atom. The van der Waals surface area contributed by atoms with Crippen molar-refractivity contribution < 1.29 is 19.1 Å². The zero-order valence-electron chi connectivity index (χ0n) is 11.0. The minimum absolute atomic E-state index is 0.149. The average molecular weight is 265 g/mol. The van der Waals surface area contributed by atoms with Crippen LogP contribution in [0.1, 0.15) is 26.3 Å². The van der Waals surface area contributed by atoms with Crippen molar-refractivity contribution in [2.75, 3.05) is 5.32 Å². The molecule has 19 heavy (non-hydrogen) atoms. The molecule has 5 heteroatoms. The molecule has 1 rings (SSSR count). The largest absolute Gasteiger partial charge is 0.478 e. The van der Waals surface area contributed by atoms with E-state index in [1.807, 2.05) is 0 Å². The fourth-order valence-electron chi connectivity index (χ4n) is 1.22. The zero-order chi connectivity index (χ0) is 14.6. The first-order chi connectivity index (χ1) is 8.70. The van der Waals surface area contributed by atoms with Gasteiger partial charge in [-0.2, -0.15) is 0 Å². The Kier molecular flexibility index (Phi) is 4.43. The van der Waals surface area contributed by atoms with Crippen LogP contribution >= 0.6 is 0 Å². The van der Waals surface area contributed by atoms with E-state index in [4.69, 9.17) is 5.11 Å². The summed E-state index contributed by atoms with van der Waals surface area (Å²) in [4.78, 5) is 22.1. The number of aliphatic carboxylic acids is 1. The normalized spacial score (nSPS) is 11.6. The highest BCUT2D eigenvalue weighted by molar-refractivity contribution is 5.94. The number of nitrogens with one attached hydrogen (secondary N) is 1. The van der Waals surface area contributed by atoms with Crippen LogP contribution in [0.3, 0.4) is 0 Å².